The van der Waals surface area contributed by atoms with Crippen LogP contribution in [0.15, 0.2) is 67.0 Å². The van der Waals surface area contributed by atoms with Gasteiger partial charge < -0.3 is 20.2 Å². The molecule has 10 nitrogen and oxygen atoms in total. The van der Waals surface area contributed by atoms with E-state index in [2.05, 4.69) is 26.9 Å². The normalized spacial score (nSPS) is 17.1. The Bertz CT molecular complexity index is 1510. The van der Waals surface area contributed by atoms with Gasteiger partial charge >= 0.3 is 36.4 Å². The van der Waals surface area contributed by atoms with Crippen LogP contribution in [0.4, 0.5) is 49.6 Å². The highest BCUT2D eigenvalue weighted by Crippen LogP contribution is 2.45. The Labute approximate surface area is 270 Å². The molecule has 20 heteroatoms. The zero-order valence-electron chi connectivity index (χ0n) is 24.7. The fourth-order valence-electron chi connectivity index (χ4n) is 4.72. The van der Waals surface area contributed by atoms with E-state index in [1.165, 1.54) is 17.4 Å². The Morgan fingerprint density at radius 3 is 1.76 bits per heavy atom. The molecule has 5 rings (SSSR count). The molecular formula is C29H26F10N4O6. The number of hydrogen-bond donors (Lipinski definition) is 3. The van der Waals surface area contributed by atoms with Crippen LogP contribution in [0.25, 0.3) is 0 Å². The lowest BCUT2D eigenvalue weighted by Crippen LogP contribution is -2.36. The molecule has 3 N–H and O–H groups in total. The summed E-state index contributed by atoms with van der Waals surface area (Å²) in [6.07, 6.45) is -10.4. The van der Waals surface area contributed by atoms with Crippen LogP contribution in [0.3, 0.4) is 0 Å². The van der Waals surface area contributed by atoms with Gasteiger partial charge in [-0.3, -0.25) is 14.9 Å². The molecule has 1 saturated heterocycles. The molecular weight excluding hydrogens is 690 g/mol. The van der Waals surface area contributed by atoms with E-state index >= 15 is 0 Å². The van der Waals surface area contributed by atoms with Gasteiger partial charge in [0.05, 0.1) is 23.6 Å². The monoisotopic (exact) mass is 716 g/mol. The first-order valence-corrected chi connectivity index (χ1v) is 13.5. The van der Waals surface area contributed by atoms with Crippen LogP contribution < -0.4 is 4.90 Å². The molecule has 1 atom stereocenters. The van der Waals surface area contributed by atoms with Gasteiger partial charge in [0.15, 0.2) is 0 Å². The summed E-state index contributed by atoms with van der Waals surface area (Å²) < 4.78 is 109. The third-order valence-electron chi connectivity index (χ3n) is 6.66. The topological polar surface area (TPSA) is 144 Å². The number of halogens is 10. The number of carboxylic acid groups (broad SMARTS) is 3. The second-order valence-electron chi connectivity index (χ2n) is 10.3. The van der Waals surface area contributed by atoms with Crippen LogP contribution in [-0.4, -0.2) is 86.3 Å². The Hall–Kier alpha value is -5.01. The number of carbonyl (C=O) groups is 3. The van der Waals surface area contributed by atoms with Crippen LogP contribution >= 0.6 is 0 Å². The van der Waals surface area contributed by atoms with Gasteiger partial charge in [-0.05, 0) is 54.9 Å². The van der Waals surface area contributed by atoms with E-state index < -0.39 is 36.4 Å². The predicted molar refractivity (Wildman–Crippen MR) is 149 cm³/mol. The summed E-state index contributed by atoms with van der Waals surface area (Å²) in [5.74, 6) is -8.44. The first kappa shape index (κ1) is 40.2. The summed E-state index contributed by atoms with van der Waals surface area (Å²) in [5, 5.41) is 21.4. The van der Waals surface area contributed by atoms with Crippen molar-refractivity contribution >= 4 is 23.6 Å². The lowest BCUT2D eigenvalue weighted by molar-refractivity contribution is -0.193. The minimum absolute atomic E-state index is 0.0404. The van der Waals surface area contributed by atoms with Gasteiger partial charge in [0.1, 0.15) is 5.82 Å². The van der Waals surface area contributed by atoms with E-state index in [-0.39, 0.29) is 11.2 Å². The van der Waals surface area contributed by atoms with E-state index in [0.29, 0.717) is 0 Å². The van der Waals surface area contributed by atoms with Crippen LogP contribution in [0.2, 0.25) is 0 Å². The zero-order chi connectivity index (χ0) is 37.2. The molecule has 2 aliphatic rings. The molecule has 0 radical (unpaired) electrons. The van der Waals surface area contributed by atoms with Crippen molar-refractivity contribution in [2.45, 2.75) is 43.5 Å². The zero-order valence-corrected chi connectivity index (χ0v) is 24.7. The quantitative estimate of drug-likeness (QED) is 0.289. The standard InChI is InChI=1S/C23H23FN4.3C2HF3O2/c24-19-6-3-5-18(13-19)14-27-12-9-23(16-27)17-28(15-20-7-1-2-10-25-20)21-8-4-11-26-22(21)23;3*3-2(4,5)1(6)7/h1-8,10-11,13H,9,12,14-17H2;3*(H,6,7). The molecule has 1 aromatic carbocycles. The minimum Gasteiger partial charge on any atom is -0.475 e. The molecule has 0 aliphatic carbocycles. The van der Waals surface area contributed by atoms with Crippen LogP contribution in [0, 0.1) is 5.82 Å². The summed E-state index contributed by atoms with van der Waals surface area (Å²) >= 11 is 0. The molecule has 0 amide bonds. The van der Waals surface area contributed by atoms with Crippen molar-refractivity contribution < 1.29 is 73.6 Å². The summed E-state index contributed by atoms with van der Waals surface area (Å²) in [7, 11) is 0. The van der Waals surface area contributed by atoms with Gasteiger partial charge in [-0.15, -0.1) is 0 Å². The van der Waals surface area contributed by atoms with Gasteiger partial charge in [-0.1, -0.05) is 18.2 Å². The maximum absolute atomic E-state index is 13.5. The molecule has 1 unspecified atom stereocenters. The number of aliphatic carboxylic acids is 3. The molecule has 49 heavy (non-hydrogen) atoms. The number of carboxylic acids is 3. The predicted octanol–water partition coefficient (Wildman–Crippen LogP) is 5.68. The third kappa shape index (κ3) is 12.5. The Balaban J connectivity index is 0.000000325. The van der Waals surface area contributed by atoms with Crippen molar-refractivity contribution in [2.75, 3.05) is 24.5 Å². The Morgan fingerprint density at radius 2 is 1.27 bits per heavy atom. The average Bonchev–Trinajstić information content (AvgIpc) is 3.53. The molecule has 4 heterocycles. The molecule has 1 fully saturated rings. The number of rotatable bonds is 4. The molecule has 2 aliphatic heterocycles. The highest BCUT2D eigenvalue weighted by Gasteiger charge is 2.48. The number of anilines is 1. The molecule has 2 aromatic heterocycles. The summed E-state index contributed by atoms with van der Waals surface area (Å²) in [4.78, 5) is 40.8. The van der Waals surface area contributed by atoms with E-state index in [1.807, 2.05) is 36.7 Å². The number of hydrogen-bond acceptors (Lipinski definition) is 7. The maximum atomic E-state index is 13.5. The average molecular weight is 717 g/mol. The molecule has 1 spiro atoms. The van der Waals surface area contributed by atoms with Gasteiger partial charge in [0, 0.05) is 37.4 Å². The number of benzene rings is 1. The minimum atomic E-state index is -5.08. The highest BCUT2D eigenvalue weighted by molar-refractivity contribution is 5.73. The largest absolute Gasteiger partial charge is 0.490 e. The molecule has 0 bridgehead atoms. The Morgan fingerprint density at radius 1 is 0.714 bits per heavy atom. The van der Waals surface area contributed by atoms with Gasteiger partial charge in [-0.2, -0.15) is 39.5 Å². The molecule has 3 aromatic rings. The Kier molecular flexibility index (Phi) is 13.4. The van der Waals surface area contributed by atoms with Crippen molar-refractivity contribution in [3.63, 3.8) is 0 Å². The second kappa shape index (κ2) is 16.4. The molecule has 268 valence electrons. The fraction of sp³-hybridized carbons (Fsp3) is 0.345. The number of alkyl halides is 9. The molecule has 0 saturated carbocycles. The van der Waals surface area contributed by atoms with E-state index in [9.17, 15) is 43.9 Å². The number of pyridine rings is 2. The van der Waals surface area contributed by atoms with Crippen molar-refractivity contribution in [1.29, 1.82) is 0 Å². The third-order valence-corrected chi connectivity index (χ3v) is 6.66. The van der Waals surface area contributed by atoms with E-state index in [1.54, 1.807) is 12.1 Å². The van der Waals surface area contributed by atoms with Crippen molar-refractivity contribution in [3.05, 3.63) is 89.8 Å². The smallest absolute Gasteiger partial charge is 0.475 e. The second-order valence-corrected chi connectivity index (χ2v) is 10.3. The van der Waals surface area contributed by atoms with E-state index in [0.717, 1.165) is 50.4 Å². The van der Waals surface area contributed by atoms with Crippen LogP contribution in [0.1, 0.15) is 23.4 Å². The maximum Gasteiger partial charge on any atom is 0.490 e. The van der Waals surface area contributed by atoms with Gasteiger partial charge in [-0.25, -0.2) is 18.8 Å². The fourth-order valence-corrected chi connectivity index (χ4v) is 4.72. The summed E-state index contributed by atoms with van der Waals surface area (Å²) in [6, 6.07) is 17.2. The SMILES string of the molecule is Fc1cccc(CN2CCC3(C2)CN(Cc2ccccn2)c2cccnc23)c1.O=C(O)C(F)(F)F.O=C(O)C(F)(F)F.O=C(O)C(F)(F)F. The highest BCUT2D eigenvalue weighted by atomic mass is 19.4. The number of likely N-dealkylation sites (tertiary alicyclic amines) is 1. The first-order valence-electron chi connectivity index (χ1n) is 13.5. The number of aromatic nitrogens is 2. The lowest BCUT2D eigenvalue weighted by Gasteiger charge is -2.26. The van der Waals surface area contributed by atoms with Crippen molar-refractivity contribution in [2.24, 2.45) is 0 Å². The van der Waals surface area contributed by atoms with Crippen LogP contribution in [-0.2, 0) is 32.9 Å². The van der Waals surface area contributed by atoms with E-state index in [4.69, 9.17) is 34.7 Å². The first-order chi connectivity index (χ1) is 22.5. The van der Waals surface area contributed by atoms with Crippen molar-refractivity contribution in [1.82, 2.24) is 14.9 Å². The van der Waals surface area contributed by atoms with Gasteiger partial charge in [0.25, 0.3) is 0 Å². The summed E-state index contributed by atoms with van der Waals surface area (Å²) in [5.41, 5.74) is 4.57. The van der Waals surface area contributed by atoms with Crippen LogP contribution in [0.5, 0.6) is 0 Å². The number of fused-ring (bicyclic) bond motifs is 2. The summed E-state index contributed by atoms with van der Waals surface area (Å²) in [6.45, 7) is 4.48. The van der Waals surface area contributed by atoms with Crippen molar-refractivity contribution in [3.8, 4) is 0 Å². The lowest BCUT2D eigenvalue weighted by atomic mass is 9.85. The van der Waals surface area contributed by atoms with Gasteiger partial charge in [0.2, 0.25) is 0 Å². The number of nitrogens with zero attached hydrogens (tertiary/aromatic N) is 4.